The Bertz CT molecular complexity index is 1120. The highest BCUT2D eigenvalue weighted by Gasteiger charge is 2.35. The number of carbonyl (C=O) groups is 2. The minimum absolute atomic E-state index is 0.0475. The number of rotatable bonds is 8. The van der Waals surface area contributed by atoms with Crippen LogP contribution in [0.15, 0.2) is 77.3 Å². The van der Waals surface area contributed by atoms with E-state index in [1.165, 1.54) is 5.56 Å². The van der Waals surface area contributed by atoms with E-state index in [0.717, 1.165) is 22.1 Å². The fraction of sp³-hybridized carbons (Fsp3) is 0.231. The van der Waals surface area contributed by atoms with Gasteiger partial charge in [-0.05, 0) is 47.9 Å². The predicted octanol–water partition coefficient (Wildman–Crippen LogP) is 5.09. The lowest BCUT2D eigenvalue weighted by Crippen LogP contribution is -2.36. The van der Waals surface area contributed by atoms with Crippen molar-refractivity contribution in [1.29, 1.82) is 0 Å². The van der Waals surface area contributed by atoms with E-state index >= 15 is 0 Å². The third-order valence-corrected chi connectivity index (χ3v) is 6.14. The van der Waals surface area contributed by atoms with Gasteiger partial charge in [0.05, 0.1) is 11.6 Å². The maximum atomic E-state index is 12.8. The Balaban J connectivity index is 1.37. The fourth-order valence-electron chi connectivity index (χ4n) is 3.74. The topological polar surface area (TPSA) is 70.7 Å². The molecule has 4 rings (SSSR count). The van der Waals surface area contributed by atoms with Gasteiger partial charge in [-0.15, -0.1) is 0 Å². The van der Waals surface area contributed by atoms with Crippen molar-refractivity contribution in [2.75, 3.05) is 16.9 Å². The van der Waals surface area contributed by atoms with E-state index in [9.17, 15) is 9.59 Å². The number of aryl methyl sites for hydroxylation is 1. The number of carbonyl (C=O) groups excluding carboxylic acids is 2. The normalized spacial score (nSPS) is 15.4. The number of hydrogen-bond acceptors (Lipinski definition) is 4. The quantitative estimate of drug-likeness (QED) is 0.416. The molecule has 0 spiro atoms. The Morgan fingerprint density at radius 1 is 1.06 bits per heavy atom. The highest BCUT2D eigenvalue weighted by molar-refractivity contribution is 9.10. The molecule has 33 heavy (non-hydrogen) atoms. The smallest absolute Gasteiger partial charge is 0.243 e. The van der Waals surface area contributed by atoms with Crippen molar-refractivity contribution in [3.63, 3.8) is 0 Å². The molecule has 2 N–H and O–H groups in total. The summed E-state index contributed by atoms with van der Waals surface area (Å²) in [4.78, 5) is 27.0. The van der Waals surface area contributed by atoms with Crippen molar-refractivity contribution < 1.29 is 14.3 Å². The summed E-state index contributed by atoms with van der Waals surface area (Å²) < 4.78 is 6.80. The van der Waals surface area contributed by atoms with Crippen LogP contribution in [0.2, 0.25) is 0 Å². The standard InChI is InChI=1S/C26H26BrN3O3/c1-2-18-8-11-22(12-9-18)30-16-20(14-25(30)31)26(32)29-28-23-15-21(27)10-13-24(23)33-17-19-6-4-3-5-7-19/h3-13,15,20,28H,2,14,16-17H2,1H3,(H,29,32)/t20-/m0/s1. The van der Waals surface area contributed by atoms with Crippen molar-refractivity contribution in [3.8, 4) is 5.75 Å². The van der Waals surface area contributed by atoms with Crippen molar-refractivity contribution in [2.45, 2.75) is 26.4 Å². The predicted molar refractivity (Wildman–Crippen MR) is 133 cm³/mol. The SMILES string of the molecule is CCc1ccc(N2C[C@@H](C(=O)NNc3cc(Br)ccc3OCc3ccccc3)CC2=O)cc1. The number of amides is 2. The second kappa shape index (κ2) is 10.5. The van der Waals surface area contributed by atoms with Gasteiger partial charge in [-0.3, -0.25) is 20.4 Å². The number of benzene rings is 3. The minimum atomic E-state index is -0.434. The number of ether oxygens (including phenoxy) is 1. The van der Waals surface area contributed by atoms with Gasteiger partial charge in [0.25, 0.3) is 0 Å². The molecule has 0 bridgehead atoms. The Morgan fingerprint density at radius 3 is 2.55 bits per heavy atom. The summed E-state index contributed by atoms with van der Waals surface area (Å²) in [5, 5.41) is 0. The van der Waals surface area contributed by atoms with Crippen LogP contribution in [0.3, 0.4) is 0 Å². The second-order valence-electron chi connectivity index (χ2n) is 7.95. The molecule has 0 aliphatic carbocycles. The first-order chi connectivity index (χ1) is 16.0. The summed E-state index contributed by atoms with van der Waals surface area (Å²) in [6.45, 7) is 2.86. The van der Waals surface area contributed by atoms with Crippen molar-refractivity contribution in [1.82, 2.24) is 5.43 Å². The first-order valence-corrected chi connectivity index (χ1v) is 11.7. The van der Waals surface area contributed by atoms with Gasteiger partial charge in [0.2, 0.25) is 11.8 Å². The molecule has 6 nitrogen and oxygen atoms in total. The Kier molecular flexibility index (Phi) is 7.29. The van der Waals surface area contributed by atoms with Crippen LogP contribution in [0.4, 0.5) is 11.4 Å². The number of hydrazine groups is 1. The molecule has 2 amide bonds. The zero-order valence-corrected chi connectivity index (χ0v) is 20.0. The highest BCUT2D eigenvalue weighted by Crippen LogP contribution is 2.29. The van der Waals surface area contributed by atoms with Crippen LogP contribution in [0.1, 0.15) is 24.5 Å². The van der Waals surface area contributed by atoms with E-state index in [2.05, 4.69) is 33.7 Å². The van der Waals surface area contributed by atoms with Crippen molar-refractivity contribution in [3.05, 3.63) is 88.4 Å². The number of nitrogens with zero attached hydrogens (tertiary/aromatic N) is 1. The molecule has 1 saturated heterocycles. The van der Waals surface area contributed by atoms with Crippen LogP contribution in [0.5, 0.6) is 5.75 Å². The maximum Gasteiger partial charge on any atom is 0.243 e. The molecule has 3 aromatic carbocycles. The van der Waals surface area contributed by atoms with Gasteiger partial charge in [0, 0.05) is 23.1 Å². The Labute approximate surface area is 202 Å². The number of nitrogens with one attached hydrogen (secondary N) is 2. The molecule has 1 aliphatic rings. The second-order valence-corrected chi connectivity index (χ2v) is 8.87. The summed E-state index contributed by atoms with van der Waals surface area (Å²) in [7, 11) is 0. The molecule has 1 heterocycles. The van der Waals surface area contributed by atoms with E-state index in [-0.39, 0.29) is 18.2 Å². The molecule has 1 atom stereocenters. The monoisotopic (exact) mass is 507 g/mol. The molecule has 0 saturated carbocycles. The average molecular weight is 508 g/mol. The summed E-state index contributed by atoms with van der Waals surface area (Å²) in [5.41, 5.74) is 9.43. The fourth-order valence-corrected chi connectivity index (χ4v) is 4.10. The third kappa shape index (κ3) is 5.73. The van der Waals surface area contributed by atoms with Crippen molar-refractivity contribution >= 4 is 39.1 Å². The van der Waals surface area contributed by atoms with E-state index in [1.807, 2.05) is 72.8 Å². The Morgan fingerprint density at radius 2 is 1.82 bits per heavy atom. The van der Waals surface area contributed by atoms with Gasteiger partial charge in [0.1, 0.15) is 12.4 Å². The van der Waals surface area contributed by atoms with Gasteiger partial charge in [-0.1, -0.05) is 65.3 Å². The van der Waals surface area contributed by atoms with Crippen LogP contribution in [0.25, 0.3) is 0 Å². The van der Waals surface area contributed by atoms with Gasteiger partial charge in [-0.2, -0.15) is 0 Å². The molecular formula is C26H26BrN3O3. The number of halogens is 1. The third-order valence-electron chi connectivity index (χ3n) is 5.65. The first kappa shape index (κ1) is 22.9. The average Bonchev–Trinajstić information content (AvgIpc) is 3.24. The minimum Gasteiger partial charge on any atom is -0.487 e. The lowest BCUT2D eigenvalue weighted by Gasteiger charge is -2.18. The molecule has 0 aromatic heterocycles. The molecular weight excluding hydrogens is 482 g/mol. The van der Waals surface area contributed by atoms with E-state index in [0.29, 0.717) is 24.6 Å². The van der Waals surface area contributed by atoms with Gasteiger partial charge in [0.15, 0.2) is 0 Å². The number of hydrogen-bond donors (Lipinski definition) is 2. The van der Waals surface area contributed by atoms with Crippen LogP contribution in [-0.4, -0.2) is 18.4 Å². The molecule has 1 aliphatic heterocycles. The van der Waals surface area contributed by atoms with E-state index < -0.39 is 5.92 Å². The summed E-state index contributed by atoms with van der Waals surface area (Å²) in [6, 6.07) is 23.3. The van der Waals surface area contributed by atoms with Crippen LogP contribution in [-0.2, 0) is 22.6 Å². The molecule has 1 fully saturated rings. The van der Waals surface area contributed by atoms with Gasteiger partial charge in [-0.25, -0.2) is 0 Å². The van der Waals surface area contributed by atoms with Crippen molar-refractivity contribution in [2.24, 2.45) is 5.92 Å². The zero-order valence-electron chi connectivity index (χ0n) is 18.4. The zero-order chi connectivity index (χ0) is 23.2. The highest BCUT2D eigenvalue weighted by atomic mass is 79.9. The molecule has 170 valence electrons. The van der Waals surface area contributed by atoms with Gasteiger partial charge < -0.3 is 9.64 Å². The van der Waals surface area contributed by atoms with Crippen LogP contribution in [0, 0.1) is 5.92 Å². The van der Waals surface area contributed by atoms with E-state index in [4.69, 9.17) is 4.74 Å². The maximum absolute atomic E-state index is 12.8. The lowest BCUT2D eigenvalue weighted by molar-refractivity contribution is -0.125. The summed E-state index contributed by atoms with van der Waals surface area (Å²) in [5.74, 6) is -0.0991. The van der Waals surface area contributed by atoms with Gasteiger partial charge >= 0.3 is 0 Å². The molecule has 0 unspecified atom stereocenters. The lowest BCUT2D eigenvalue weighted by atomic mass is 10.1. The number of anilines is 2. The van der Waals surface area contributed by atoms with E-state index in [1.54, 1.807) is 4.90 Å². The van der Waals surface area contributed by atoms with Crippen LogP contribution >= 0.6 is 15.9 Å². The molecule has 0 radical (unpaired) electrons. The largest absolute Gasteiger partial charge is 0.487 e. The first-order valence-electron chi connectivity index (χ1n) is 10.9. The Hall–Kier alpha value is -3.32. The molecule has 7 heteroatoms. The van der Waals surface area contributed by atoms with Crippen LogP contribution < -0.4 is 20.5 Å². The molecule has 3 aromatic rings. The summed E-state index contributed by atoms with van der Waals surface area (Å²) >= 11 is 3.46. The summed E-state index contributed by atoms with van der Waals surface area (Å²) in [6.07, 6.45) is 1.12.